The Hall–Kier alpha value is -1.49. The summed E-state index contributed by atoms with van der Waals surface area (Å²) in [7, 11) is 0. The number of thiazole rings is 1. The third-order valence-electron chi connectivity index (χ3n) is 1.33. The number of nitrogens with two attached hydrogens (primary N) is 1. The third-order valence-corrected chi connectivity index (χ3v) is 2.10. The summed E-state index contributed by atoms with van der Waals surface area (Å²) in [5.74, 6) is 1.12. The Kier molecular flexibility index (Phi) is 1.71. The lowest BCUT2D eigenvalue weighted by Gasteiger charge is -1.94. The molecule has 2 heterocycles. The van der Waals surface area contributed by atoms with Crippen LogP contribution in [0.3, 0.4) is 0 Å². The van der Waals surface area contributed by atoms with Crippen molar-refractivity contribution in [2.75, 3.05) is 5.73 Å². The van der Waals surface area contributed by atoms with Gasteiger partial charge in [0, 0.05) is 12.4 Å². The number of nitrogen functional groups attached to an aromatic ring is 1. The van der Waals surface area contributed by atoms with Crippen LogP contribution in [0.5, 0.6) is 0 Å². The summed E-state index contributed by atoms with van der Waals surface area (Å²) < 4.78 is 0. The lowest BCUT2D eigenvalue weighted by Crippen LogP contribution is -1.92. The quantitative estimate of drug-likeness (QED) is 0.712. The molecule has 2 N–H and O–H groups in total. The van der Waals surface area contributed by atoms with Crippen LogP contribution in [0.4, 0.5) is 5.82 Å². The molecule has 0 aliphatic heterocycles. The van der Waals surface area contributed by atoms with Gasteiger partial charge in [-0.05, 0) is 6.07 Å². The van der Waals surface area contributed by atoms with Gasteiger partial charge in [-0.3, -0.25) is 4.98 Å². The van der Waals surface area contributed by atoms with E-state index in [0.29, 0.717) is 11.6 Å². The molecule has 4 nitrogen and oxygen atoms in total. The van der Waals surface area contributed by atoms with Gasteiger partial charge < -0.3 is 5.73 Å². The predicted octanol–water partition coefficient (Wildman–Crippen LogP) is 1.18. The Morgan fingerprint density at radius 3 is 3.00 bits per heavy atom. The Labute approximate surface area is 73.1 Å². The lowest BCUT2D eigenvalue weighted by atomic mass is 10.5. The van der Waals surface area contributed by atoms with E-state index >= 15 is 0 Å². The maximum absolute atomic E-state index is 5.50. The van der Waals surface area contributed by atoms with Crippen molar-refractivity contribution >= 4 is 17.2 Å². The minimum absolute atomic E-state index is 0.480. The van der Waals surface area contributed by atoms with Crippen molar-refractivity contribution < 1.29 is 0 Å². The zero-order valence-corrected chi connectivity index (χ0v) is 6.95. The van der Waals surface area contributed by atoms with E-state index in [1.807, 2.05) is 0 Å². The maximum atomic E-state index is 5.50. The van der Waals surface area contributed by atoms with Crippen LogP contribution in [0.2, 0.25) is 0 Å². The zero-order chi connectivity index (χ0) is 8.39. The van der Waals surface area contributed by atoms with Crippen molar-refractivity contribution in [2.24, 2.45) is 0 Å². The average molecular weight is 178 g/mol. The molecule has 60 valence electrons. The standard InChI is InChI=1S/C7H6N4S/c8-6-1-2-10-7(11-6)5-3-9-4-12-5/h1-4H,(H2,8,10,11). The zero-order valence-electron chi connectivity index (χ0n) is 6.14. The summed E-state index contributed by atoms with van der Waals surface area (Å²) in [4.78, 5) is 13.0. The van der Waals surface area contributed by atoms with Gasteiger partial charge in [0.1, 0.15) is 5.82 Å². The Bertz CT molecular complexity index is 371. The fraction of sp³-hybridized carbons (Fsp3) is 0. The van der Waals surface area contributed by atoms with Crippen molar-refractivity contribution in [2.45, 2.75) is 0 Å². The second kappa shape index (κ2) is 2.86. The van der Waals surface area contributed by atoms with E-state index in [1.165, 1.54) is 11.3 Å². The van der Waals surface area contributed by atoms with Crippen molar-refractivity contribution in [3.05, 3.63) is 24.0 Å². The van der Waals surface area contributed by atoms with Crippen LogP contribution in [0.25, 0.3) is 10.7 Å². The second-order valence-electron chi connectivity index (χ2n) is 2.17. The first-order chi connectivity index (χ1) is 5.86. The van der Waals surface area contributed by atoms with Crippen LogP contribution in [-0.4, -0.2) is 15.0 Å². The van der Waals surface area contributed by atoms with Crippen molar-refractivity contribution in [3.8, 4) is 10.7 Å². The van der Waals surface area contributed by atoms with Gasteiger partial charge in [-0.1, -0.05) is 0 Å². The summed E-state index contributed by atoms with van der Waals surface area (Å²) in [5, 5.41) is 0. The minimum atomic E-state index is 0.480. The lowest BCUT2D eigenvalue weighted by molar-refractivity contribution is 1.19. The van der Waals surface area contributed by atoms with Crippen LogP contribution in [0.15, 0.2) is 24.0 Å². The van der Waals surface area contributed by atoms with Crippen molar-refractivity contribution in [3.63, 3.8) is 0 Å². The molecule has 0 saturated carbocycles. The first kappa shape index (κ1) is 7.17. The van der Waals surface area contributed by atoms with Crippen LogP contribution in [0, 0.1) is 0 Å². The minimum Gasteiger partial charge on any atom is -0.384 e. The number of anilines is 1. The molecular formula is C7H6N4S. The van der Waals surface area contributed by atoms with E-state index in [4.69, 9.17) is 5.73 Å². The highest BCUT2D eigenvalue weighted by molar-refractivity contribution is 7.13. The molecule has 0 radical (unpaired) electrons. The number of hydrogen-bond acceptors (Lipinski definition) is 5. The largest absolute Gasteiger partial charge is 0.384 e. The molecule has 0 amide bonds. The summed E-state index contributed by atoms with van der Waals surface area (Å²) in [5.41, 5.74) is 7.24. The van der Waals surface area contributed by atoms with E-state index in [9.17, 15) is 0 Å². The fourth-order valence-electron chi connectivity index (χ4n) is 0.818. The van der Waals surface area contributed by atoms with Crippen molar-refractivity contribution in [1.29, 1.82) is 0 Å². The first-order valence-corrected chi connectivity index (χ1v) is 4.21. The van der Waals surface area contributed by atoms with Crippen LogP contribution < -0.4 is 5.73 Å². The van der Waals surface area contributed by atoms with E-state index in [-0.39, 0.29) is 0 Å². The molecule has 5 heteroatoms. The van der Waals surface area contributed by atoms with E-state index in [2.05, 4.69) is 15.0 Å². The molecule has 0 unspecified atom stereocenters. The van der Waals surface area contributed by atoms with Gasteiger partial charge >= 0.3 is 0 Å². The summed E-state index contributed by atoms with van der Waals surface area (Å²) in [6.07, 6.45) is 3.36. The van der Waals surface area contributed by atoms with E-state index in [1.54, 1.807) is 24.0 Å². The van der Waals surface area contributed by atoms with Gasteiger partial charge in [-0.15, -0.1) is 11.3 Å². The molecule has 0 aliphatic rings. The monoisotopic (exact) mass is 178 g/mol. The highest BCUT2D eigenvalue weighted by Crippen LogP contribution is 2.18. The Morgan fingerprint density at radius 1 is 1.42 bits per heavy atom. The molecule has 12 heavy (non-hydrogen) atoms. The molecule has 2 aromatic heterocycles. The number of rotatable bonds is 1. The van der Waals surface area contributed by atoms with Gasteiger partial charge in [-0.25, -0.2) is 9.97 Å². The number of hydrogen-bond donors (Lipinski definition) is 1. The molecule has 0 atom stereocenters. The molecule has 0 spiro atoms. The normalized spacial score (nSPS) is 10.0. The van der Waals surface area contributed by atoms with Crippen LogP contribution in [-0.2, 0) is 0 Å². The summed E-state index contributed by atoms with van der Waals surface area (Å²) in [6.45, 7) is 0. The van der Waals surface area contributed by atoms with Gasteiger partial charge in [0.15, 0.2) is 5.82 Å². The molecule has 0 fully saturated rings. The van der Waals surface area contributed by atoms with Gasteiger partial charge in [-0.2, -0.15) is 0 Å². The van der Waals surface area contributed by atoms with Gasteiger partial charge in [0.25, 0.3) is 0 Å². The van der Waals surface area contributed by atoms with Gasteiger partial charge in [0.05, 0.1) is 10.4 Å². The topological polar surface area (TPSA) is 64.7 Å². The van der Waals surface area contributed by atoms with Crippen LogP contribution in [0.1, 0.15) is 0 Å². The maximum Gasteiger partial charge on any atom is 0.173 e. The predicted molar refractivity (Wildman–Crippen MR) is 47.6 cm³/mol. The fourth-order valence-corrected chi connectivity index (χ4v) is 1.38. The second-order valence-corrected chi connectivity index (χ2v) is 3.06. The molecule has 0 bridgehead atoms. The molecule has 2 rings (SSSR count). The summed E-state index contributed by atoms with van der Waals surface area (Å²) in [6, 6.07) is 1.66. The Balaban J connectivity index is 2.48. The number of nitrogens with zero attached hydrogens (tertiary/aromatic N) is 3. The first-order valence-electron chi connectivity index (χ1n) is 3.33. The Morgan fingerprint density at radius 2 is 2.33 bits per heavy atom. The molecule has 2 aromatic rings. The SMILES string of the molecule is Nc1ccnc(-c2cncs2)n1. The molecular weight excluding hydrogens is 172 g/mol. The molecule has 0 aromatic carbocycles. The highest BCUT2D eigenvalue weighted by Gasteiger charge is 2.01. The number of aromatic nitrogens is 3. The smallest absolute Gasteiger partial charge is 0.173 e. The van der Waals surface area contributed by atoms with E-state index in [0.717, 1.165) is 4.88 Å². The van der Waals surface area contributed by atoms with E-state index < -0.39 is 0 Å². The molecule has 0 aliphatic carbocycles. The molecule has 0 saturated heterocycles. The van der Waals surface area contributed by atoms with Crippen LogP contribution >= 0.6 is 11.3 Å². The van der Waals surface area contributed by atoms with Crippen molar-refractivity contribution in [1.82, 2.24) is 15.0 Å². The average Bonchev–Trinajstić information content (AvgIpc) is 2.56. The summed E-state index contributed by atoms with van der Waals surface area (Å²) >= 11 is 1.49. The third kappa shape index (κ3) is 1.26. The van der Waals surface area contributed by atoms with Gasteiger partial charge in [0.2, 0.25) is 0 Å². The highest BCUT2D eigenvalue weighted by atomic mass is 32.1.